The van der Waals surface area contributed by atoms with E-state index >= 15 is 0 Å². The number of rotatable bonds is 11. The lowest BCUT2D eigenvalue weighted by Gasteiger charge is -2.21. The Kier molecular flexibility index (Phi) is 10.8. The van der Waals surface area contributed by atoms with Gasteiger partial charge in [-0.2, -0.15) is 26.9 Å². The van der Waals surface area contributed by atoms with Crippen LogP contribution in [-0.2, 0) is 11.2 Å². The second kappa shape index (κ2) is 14.8. The maximum atomic E-state index is 13.2. The lowest BCUT2D eigenvalue weighted by atomic mass is 10.0. The van der Waals surface area contributed by atoms with Crippen molar-refractivity contribution in [3.63, 3.8) is 0 Å². The fourth-order valence-corrected chi connectivity index (χ4v) is 5.71. The zero-order chi connectivity index (χ0) is 36.2. The van der Waals surface area contributed by atoms with Crippen molar-refractivity contribution in [2.24, 2.45) is 10.9 Å². The molecule has 3 amide bonds. The van der Waals surface area contributed by atoms with Gasteiger partial charge in [0.25, 0.3) is 0 Å². The van der Waals surface area contributed by atoms with E-state index in [-0.39, 0.29) is 22.9 Å². The van der Waals surface area contributed by atoms with Gasteiger partial charge in [-0.1, -0.05) is 55.9 Å². The largest absolute Gasteiger partial charge is 0.499 e. The summed E-state index contributed by atoms with van der Waals surface area (Å²) >= 11 is 1.17. The number of carbonyl (C=O) groups excluding carboxylic acids is 2. The summed E-state index contributed by atoms with van der Waals surface area (Å²) in [5, 5.41) is 4.61. The number of halogens is 5. The van der Waals surface area contributed by atoms with Gasteiger partial charge >= 0.3 is 18.3 Å². The highest BCUT2D eigenvalue weighted by Crippen LogP contribution is 2.37. The molecule has 1 aliphatic heterocycles. The summed E-state index contributed by atoms with van der Waals surface area (Å²) < 4.78 is 74.2. The standard InChI is InChI=1S/C33H32F5N7O4S/c1-19(2)15-23-9-12-26(48-4)16-27(23)45-28(46)17-50-31(45)40-30(47)42-41-20(3)21-5-7-22(8-6-21)29-39-18-44(43-29)24-10-13-25(14-11-24)49-33(37,38)32(34,35)36/h5-14,16,18-20,41H,15,17H2,1-4H3,(H,42,47). The van der Waals surface area contributed by atoms with Gasteiger partial charge < -0.3 is 9.47 Å². The molecule has 0 saturated carbocycles. The number of aromatic nitrogens is 3. The maximum Gasteiger partial charge on any atom is 0.499 e. The molecule has 4 aromatic rings. The van der Waals surface area contributed by atoms with Crippen molar-refractivity contribution in [2.75, 3.05) is 17.8 Å². The van der Waals surface area contributed by atoms with E-state index in [1.807, 2.05) is 19.1 Å². The van der Waals surface area contributed by atoms with Gasteiger partial charge in [0.05, 0.1) is 24.2 Å². The van der Waals surface area contributed by atoms with Crippen molar-refractivity contribution in [2.45, 2.75) is 45.5 Å². The van der Waals surface area contributed by atoms with Gasteiger partial charge in [0.2, 0.25) is 5.91 Å². The van der Waals surface area contributed by atoms with Crippen molar-refractivity contribution in [3.05, 3.63) is 84.2 Å². The molecule has 1 fully saturated rings. The van der Waals surface area contributed by atoms with Gasteiger partial charge in [-0.25, -0.2) is 19.9 Å². The quantitative estimate of drug-likeness (QED) is 0.125. The van der Waals surface area contributed by atoms with Gasteiger partial charge in [0, 0.05) is 17.7 Å². The van der Waals surface area contributed by atoms with Crippen LogP contribution >= 0.6 is 11.8 Å². The van der Waals surface area contributed by atoms with Gasteiger partial charge in [0.15, 0.2) is 11.0 Å². The molecular weight excluding hydrogens is 685 g/mol. The van der Waals surface area contributed by atoms with Gasteiger partial charge in [0.1, 0.15) is 17.8 Å². The van der Waals surface area contributed by atoms with E-state index in [9.17, 15) is 31.5 Å². The molecule has 1 saturated heterocycles. The van der Waals surface area contributed by atoms with E-state index in [1.165, 1.54) is 39.8 Å². The number of urea groups is 1. The van der Waals surface area contributed by atoms with Crippen LogP contribution in [0.4, 0.5) is 32.4 Å². The Morgan fingerprint density at radius 1 is 1.00 bits per heavy atom. The summed E-state index contributed by atoms with van der Waals surface area (Å²) in [6, 6.07) is 16.0. The number of nitrogens with one attached hydrogen (secondary N) is 2. The third kappa shape index (κ3) is 8.39. The van der Waals surface area contributed by atoms with Gasteiger partial charge in [-0.05, 0) is 60.7 Å². The lowest BCUT2D eigenvalue weighted by Crippen LogP contribution is -2.41. The molecule has 3 aromatic carbocycles. The molecule has 1 aliphatic rings. The van der Waals surface area contributed by atoms with Crippen LogP contribution in [0.2, 0.25) is 0 Å². The van der Waals surface area contributed by atoms with Crippen molar-refractivity contribution < 1.29 is 41.0 Å². The molecule has 0 spiro atoms. The average Bonchev–Trinajstić information content (AvgIpc) is 3.70. The monoisotopic (exact) mass is 717 g/mol. The topological polar surface area (TPSA) is 123 Å². The Bertz CT molecular complexity index is 1870. The van der Waals surface area contributed by atoms with E-state index in [0.717, 1.165) is 29.7 Å². The Morgan fingerprint density at radius 2 is 1.68 bits per heavy atom. The van der Waals surface area contributed by atoms with E-state index in [4.69, 9.17) is 4.74 Å². The van der Waals surface area contributed by atoms with Crippen LogP contribution in [-0.4, -0.2) is 57.0 Å². The minimum Gasteiger partial charge on any atom is -0.497 e. The molecule has 0 bridgehead atoms. The number of anilines is 1. The molecule has 2 N–H and O–H groups in total. The maximum absolute atomic E-state index is 13.2. The summed E-state index contributed by atoms with van der Waals surface area (Å²) in [5.41, 5.74) is 8.83. The van der Waals surface area contributed by atoms with Gasteiger partial charge in [-0.3, -0.25) is 15.1 Å². The minimum atomic E-state index is -5.85. The Hall–Kier alpha value is -5.03. The third-order valence-corrected chi connectivity index (χ3v) is 8.28. The summed E-state index contributed by atoms with van der Waals surface area (Å²) in [6.07, 6.45) is -9.10. The number of alkyl halides is 5. The molecule has 1 unspecified atom stereocenters. The number of amides is 3. The normalized spacial score (nSPS) is 15.1. The number of carbonyl (C=O) groups is 2. The summed E-state index contributed by atoms with van der Waals surface area (Å²) in [6.45, 7) is 5.97. The van der Waals surface area contributed by atoms with Crippen LogP contribution in [0.5, 0.6) is 11.5 Å². The highest BCUT2D eigenvalue weighted by Gasteiger charge is 2.61. The number of nitrogens with zero attached hydrogens (tertiary/aromatic N) is 5. The molecule has 17 heteroatoms. The zero-order valence-corrected chi connectivity index (χ0v) is 28.0. The smallest absolute Gasteiger partial charge is 0.497 e. The summed E-state index contributed by atoms with van der Waals surface area (Å²) in [5.74, 6) is 0.509. The van der Waals surface area contributed by atoms with Crippen molar-refractivity contribution in [3.8, 4) is 28.6 Å². The molecular formula is C33H32F5N7O4S. The van der Waals surface area contributed by atoms with Crippen LogP contribution < -0.4 is 25.2 Å². The number of amidine groups is 1. The molecule has 264 valence electrons. The fourth-order valence-electron chi connectivity index (χ4n) is 4.85. The third-order valence-electron chi connectivity index (χ3n) is 7.36. The number of hydrogen-bond acceptors (Lipinski definition) is 8. The van der Waals surface area contributed by atoms with Gasteiger partial charge in [-0.15, -0.1) is 5.10 Å². The first-order chi connectivity index (χ1) is 23.6. The minimum absolute atomic E-state index is 0.141. The summed E-state index contributed by atoms with van der Waals surface area (Å²) in [7, 11) is 1.54. The molecule has 11 nitrogen and oxygen atoms in total. The summed E-state index contributed by atoms with van der Waals surface area (Å²) in [4.78, 5) is 35.6. The van der Waals surface area contributed by atoms with Crippen LogP contribution in [0.1, 0.15) is 37.9 Å². The highest BCUT2D eigenvalue weighted by molar-refractivity contribution is 8.15. The number of hydrogen-bond donors (Lipinski definition) is 2. The van der Waals surface area contributed by atoms with Crippen LogP contribution in [0.15, 0.2) is 78.0 Å². The first-order valence-corrected chi connectivity index (χ1v) is 16.2. The SMILES string of the molecule is COc1ccc(CC(C)C)c(N2C(=O)CSC2=NC(=O)NNC(C)c2ccc(-c3ncn(-c4ccc(OC(F)(F)C(F)(F)F)cc4)n3)cc2)c1. The van der Waals surface area contributed by atoms with E-state index in [1.54, 1.807) is 37.4 Å². The van der Waals surface area contributed by atoms with Crippen LogP contribution in [0.25, 0.3) is 17.1 Å². The number of hydrazine groups is 1. The first-order valence-electron chi connectivity index (χ1n) is 15.2. The van der Waals surface area contributed by atoms with E-state index < -0.39 is 24.1 Å². The molecule has 1 aromatic heterocycles. The molecule has 2 heterocycles. The zero-order valence-electron chi connectivity index (χ0n) is 27.2. The van der Waals surface area contributed by atoms with Crippen LogP contribution in [0.3, 0.4) is 0 Å². The second-order valence-electron chi connectivity index (χ2n) is 11.5. The predicted molar refractivity (Wildman–Crippen MR) is 177 cm³/mol. The number of ether oxygens (including phenoxy) is 2. The predicted octanol–water partition coefficient (Wildman–Crippen LogP) is 7.09. The average molecular weight is 718 g/mol. The Morgan fingerprint density at radius 3 is 2.32 bits per heavy atom. The Balaban J connectivity index is 1.20. The van der Waals surface area contributed by atoms with Crippen molar-refractivity contribution in [1.82, 2.24) is 25.6 Å². The first kappa shape index (κ1) is 36.3. The number of thioether (sulfide) groups is 1. The van der Waals surface area contributed by atoms with E-state index in [0.29, 0.717) is 34.4 Å². The van der Waals surface area contributed by atoms with Crippen LogP contribution in [0, 0.1) is 5.92 Å². The number of aliphatic imine (C=N–C) groups is 1. The fraction of sp³-hybridized carbons (Fsp3) is 0.303. The number of benzene rings is 3. The molecule has 0 aliphatic carbocycles. The molecule has 5 rings (SSSR count). The highest BCUT2D eigenvalue weighted by atomic mass is 32.2. The van der Waals surface area contributed by atoms with Crippen molar-refractivity contribution >= 4 is 34.6 Å². The van der Waals surface area contributed by atoms with E-state index in [2.05, 4.69) is 44.5 Å². The molecule has 0 radical (unpaired) electrons. The lowest BCUT2D eigenvalue weighted by molar-refractivity contribution is -0.360. The molecule has 1 atom stereocenters. The van der Waals surface area contributed by atoms with Crippen molar-refractivity contribution in [1.29, 1.82) is 0 Å². The number of methoxy groups -OCH3 is 1. The molecule has 50 heavy (non-hydrogen) atoms. The Labute approximate surface area is 287 Å². The second-order valence-corrected chi connectivity index (χ2v) is 12.5.